The maximum absolute atomic E-state index is 12.7. The van der Waals surface area contributed by atoms with E-state index in [2.05, 4.69) is 10.3 Å². The zero-order valence-electron chi connectivity index (χ0n) is 16.3. The summed E-state index contributed by atoms with van der Waals surface area (Å²) in [6.07, 6.45) is 5.60. The van der Waals surface area contributed by atoms with Crippen molar-refractivity contribution in [3.8, 4) is 0 Å². The summed E-state index contributed by atoms with van der Waals surface area (Å²) >= 11 is 1.27. The maximum Gasteiger partial charge on any atom is 0.242 e. The fourth-order valence-electron chi connectivity index (χ4n) is 3.54. The molecule has 1 aliphatic carbocycles. The highest BCUT2D eigenvalue weighted by Gasteiger charge is 2.38. The molecule has 1 aliphatic heterocycles. The molecule has 1 atom stereocenters. The third-order valence-corrected chi connectivity index (χ3v) is 7.17. The lowest BCUT2D eigenvalue weighted by Gasteiger charge is -2.23. The SMILES string of the molecule is CCN1C(=O)C(CC(=O)NC2CCCCC2)SC1=Nc1ccc(S(N)(=O)=O)cc1. The van der Waals surface area contributed by atoms with Crippen molar-refractivity contribution in [1.82, 2.24) is 10.2 Å². The number of sulfonamides is 1. The van der Waals surface area contributed by atoms with Crippen LogP contribution in [0.4, 0.5) is 5.69 Å². The average molecular weight is 439 g/mol. The summed E-state index contributed by atoms with van der Waals surface area (Å²) in [5, 5.41) is 8.17. The lowest BCUT2D eigenvalue weighted by atomic mass is 9.95. The highest BCUT2D eigenvalue weighted by Crippen LogP contribution is 2.31. The molecule has 158 valence electrons. The van der Waals surface area contributed by atoms with Crippen LogP contribution in [0.2, 0.25) is 0 Å². The monoisotopic (exact) mass is 438 g/mol. The Bertz CT molecular complexity index is 893. The number of rotatable bonds is 6. The molecule has 2 aliphatic rings. The van der Waals surface area contributed by atoms with Gasteiger partial charge in [-0.2, -0.15) is 0 Å². The second-order valence-corrected chi connectivity index (χ2v) is 9.96. The quantitative estimate of drug-likeness (QED) is 0.704. The molecule has 1 aromatic carbocycles. The minimum absolute atomic E-state index is 0.00112. The molecule has 2 fully saturated rings. The largest absolute Gasteiger partial charge is 0.353 e. The van der Waals surface area contributed by atoms with Crippen molar-refractivity contribution in [2.75, 3.05) is 6.54 Å². The Hall–Kier alpha value is -1.91. The number of aliphatic imine (C=N–C) groups is 1. The van der Waals surface area contributed by atoms with Gasteiger partial charge in [-0.1, -0.05) is 31.0 Å². The number of amides is 2. The van der Waals surface area contributed by atoms with Gasteiger partial charge in [0.15, 0.2) is 5.17 Å². The van der Waals surface area contributed by atoms with Crippen molar-refractivity contribution in [3.63, 3.8) is 0 Å². The topological polar surface area (TPSA) is 122 Å². The summed E-state index contributed by atoms with van der Waals surface area (Å²) in [5.74, 6) is -0.228. The first-order valence-corrected chi connectivity index (χ1v) is 12.2. The number of benzene rings is 1. The van der Waals surface area contributed by atoms with Crippen LogP contribution in [0, 0.1) is 0 Å². The van der Waals surface area contributed by atoms with Crippen LogP contribution in [0.15, 0.2) is 34.2 Å². The molecule has 10 heteroatoms. The van der Waals surface area contributed by atoms with Crippen LogP contribution in [-0.2, 0) is 19.6 Å². The molecule has 0 spiro atoms. The fourth-order valence-corrected chi connectivity index (χ4v) is 5.28. The van der Waals surface area contributed by atoms with E-state index in [1.807, 2.05) is 6.92 Å². The summed E-state index contributed by atoms with van der Waals surface area (Å²) in [6, 6.07) is 6.04. The van der Waals surface area contributed by atoms with Crippen molar-refractivity contribution in [3.05, 3.63) is 24.3 Å². The summed E-state index contributed by atoms with van der Waals surface area (Å²) in [5.41, 5.74) is 0.512. The molecule has 2 amide bonds. The van der Waals surface area contributed by atoms with Crippen LogP contribution >= 0.6 is 11.8 Å². The molecule has 1 aromatic rings. The highest BCUT2D eigenvalue weighted by molar-refractivity contribution is 8.15. The smallest absolute Gasteiger partial charge is 0.242 e. The number of nitrogens with one attached hydrogen (secondary N) is 1. The Labute approximate surface area is 175 Å². The zero-order chi connectivity index (χ0) is 21.0. The van der Waals surface area contributed by atoms with Crippen LogP contribution in [0.5, 0.6) is 0 Å². The standard InChI is InChI=1S/C19H26N4O4S2/c1-2-23-18(25)16(12-17(24)21-13-6-4-3-5-7-13)28-19(23)22-14-8-10-15(11-9-14)29(20,26)27/h8-11,13,16H,2-7,12H2,1H3,(H,21,24)(H2,20,26,27). The molecule has 0 bridgehead atoms. The first-order chi connectivity index (χ1) is 13.8. The second-order valence-electron chi connectivity index (χ2n) is 7.23. The van der Waals surface area contributed by atoms with E-state index in [-0.39, 0.29) is 29.2 Å². The van der Waals surface area contributed by atoms with E-state index in [9.17, 15) is 18.0 Å². The molecule has 29 heavy (non-hydrogen) atoms. The number of primary sulfonamides is 1. The van der Waals surface area contributed by atoms with Crippen molar-refractivity contribution in [2.45, 2.75) is 61.6 Å². The second kappa shape index (κ2) is 9.27. The Morgan fingerprint density at radius 2 is 1.90 bits per heavy atom. The summed E-state index contributed by atoms with van der Waals surface area (Å²) in [7, 11) is -3.77. The first-order valence-electron chi connectivity index (χ1n) is 9.77. The van der Waals surface area contributed by atoms with Gasteiger partial charge >= 0.3 is 0 Å². The highest BCUT2D eigenvalue weighted by atomic mass is 32.2. The number of nitrogens with two attached hydrogens (primary N) is 1. The van der Waals surface area contributed by atoms with Crippen LogP contribution in [0.25, 0.3) is 0 Å². The van der Waals surface area contributed by atoms with Gasteiger partial charge in [-0.15, -0.1) is 0 Å². The average Bonchev–Trinajstić information content (AvgIpc) is 2.96. The normalized spacial score (nSPS) is 22.3. The van der Waals surface area contributed by atoms with Crippen molar-refractivity contribution >= 4 is 44.5 Å². The molecule has 0 radical (unpaired) electrons. The lowest BCUT2D eigenvalue weighted by Crippen LogP contribution is -2.39. The third-order valence-electron chi connectivity index (χ3n) is 5.07. The van der Waals surface area contributed by atoms with Gasteiger partial charge in [0.2, 0.25) is 21.8 Å². The van der Waals surface area contributed by atoms with Gasteiger partial charge in [0.1, 0.15) is 5.25 Å². The maximum atomic E-state index is 12.7. The number of hydrogen-bond acceptors (Lipinski definition) is 6. The number of carbonyl (C=O) groups excluding carboxylic acids is 2. The third kappa shape index (κ3) is 5.58. The first kappa shape index (κ1) is 21.8. The predicted molar refractivity (Wildman–Crippen MR) is 113 cm³/mol. The Morgan fingerprint density at radius 1 is 1.24 bits per heavy atom. The van der Waals surface area contributed by atoms with Crippen LogP contribution in [-0.4, -0.2) is 48.1 Å². The lowest BCUT2D eigenvalue weighted by molar-refractivity contribution is -0.129. The van der Waals surface area contributed by atoms with Gasteiger partial charge in [0.25, 0.3) is 0 Å². The number of amidine groups is 1. The van der Waals surface area contributed by atoms with E-state index < -0.39 is 15.3 Å². The molecule has 0 aromatic heterocycles. The van der Waals surface area contributed by atoms with Gasteiger partial charge in [0, 0.05) is 19.0 Å². The van der Waals surface area contributed by atoms with E-state index in [1.165, 1.54) is 42.4 Å². The molecule has 1 saturated carbocycles. The molecule has 3 rings (SSSR count). The Kier molecular flexibility index (Phi) is 6.97. The molecule has 1 saturated heterocycles. The molecule has 1 unspecified atom stereocenters. The molecule has 1 heterocycles. The van der Waals surface area contributed by atoms with Gasteiger partial charge in [0.05, 0.1) is 10.6 Å². The number of carbonyl (C=O) groups is 2. The summed E-state index contributed by atoms with van der Waals surface area (Å²) < 4.78 is 22.7. The predicted octanol–water partition coefficient (Wildman–Crippen LogP) is 2.12. The van der Waals surface area contributed by atoms with Gasteiger partial charge < -0.3 is 5.32 Å². The molecular weight excluding hydrogens is 412 g/mol. The van der Waals surface area contributed by atoms with Crippen LogP contribution < -0.4 is 10.5 Å². The zero-order valence-corrected chi connectivity index (χ0v) is 18.0. The van der Waals surface area contributed by atoms with Gasteiger partial charge in [-0.25, -0.2) is 18.5 Å². The van der Waals surface area contributed by atoms with Crippen molar-refractivity contribution < 1.29 is 18.0 Å². The summed E-state index contributed by atoms with van der Waals surface area (Å²) in [6.45, 7) is 2.29. The summed E-state index contributed by atoms with van der Waals surface area (Å²) in [4.78, 5) is 31.1. The van der Waals surface area contributed by atoms with E-state index in [0.717, 1.165) is 25.7 Å². The molecule has 8 nitrogen and oxygen atoms in total. The molecule has 3 N–H and O–H groups in total. The fraction of sp³-hybridized carbons (Fsp3) is 0.526. The minimum Gasteiger partial charge on any atom is -0.353 e. The van der Waals surface area contributed by atoms with E-state index in [1.54, 1.807) is 4.90 Å². The van der Waals surface area contributed by atoms with Crippen LogP contribution in [0.1, 0.15) is 45.4 Å². The van der Waals surface area contributed by atoms with Crippen LogP contribution in [0.3, 0.4) is 0 Å². The van der Waals surface area contributed by atoms with E-state index >= 15 is 0 Å². The van der Waals surface area contributed by atoms with Gasteiger partial charge in [-0.05, 0) is 44.0 Å². The molecular formula is C19H26N4O4S2. The van der Waals surface area contributed by atoms with E-state index in [4.69, 9.17) is 5.14 Å². The number of nitrogens with zero attached hydrogens (tertiary/aromatic N) is 2. The van der Waals surface area contributed by atoms with Crippen molar-refractivity contribution in [2.24, 2.45) is 10.1 Å². The minimum atomic E-state index is -3.77. The van der Waals surface area contributed by atoms with Crippen molar-refractivity contribution in [1.29, 1.82) is 0 Å². The Balaban J connectivity index is 1.68. The number of thioether (sulfide) groups is 1. The van der Waals surface area contributed by atoms with E-state index in [0.29, 0.717) is 17.4 Å². The van der Waals surface area contributed by atoms with Gasteiger partial charge in [-0.3, -0.25) is 14.5 Å². The Morgan fingerprint density at radius 3 is 2.48 bits per heavy atom. The number of hydrogen-bond donors (Lipinski definition) is 2.